The molecule has 0 atom stereocenters. The molecular weight excluding hydrogens is 478 g/mol. The lowest BCUT2D eigenvalue weighted by Gasteiger charge is -2.26. The highest BCUT2D eigenvalue weighted by molar-refractivity contribution is 6.32. The summed E-state index contributed by atoms with van der Waals surface area (Å²) in [6.07, 6.45) is 9.46. The minimum atomic E-state index is -0.505. The van der Waals surface area contributed by atoms with Crippen molar-refractivity contribution in [3.05, 3.63) is 82.8 Å². The molecule has 7 nitrogen and oxygen atoms in total. The number of aryl methyl sites for hydroxylation is 2. The van der Waals surface area contributed by atoms with E-state index in [2.05, 4.69) is 11.6 Å². The molecule has 1 aliphatic rings. The predicted octanol–water partition coefficient (Wildman–Crippen LogP) is 5.56. The van der Waals surface area contributed by atoms with Crippen LogP contribution in [0.4, 0.5) is 0 Å². The fourth-order valence-electron chi connectivity index (χ4n) is 3.79. The van der Waals surface area contributed by atoms with Crippen LogP contribution in [0, 0.1) is 13.8 Å². The molecule has 0 saturated heterocycles. The summed E-state index contributed by atoms with van der Waals surface area (Å²) < 4.78 is 5.84. The number of aliphatic hydroxyl groups is 2. The topological polar surface area (TPSA) is 113 Å². The molecule has 0 saturated carbocycles. The number of unbranched alkanes of at least 4 members (excludes halogenated alkanes) is 3. The van der Waals surface area contributed by atoms with Crippen molar-refractivity contribution >= 4 is 23.1 Å². The molecule has 0 unspecified atom stereocenters. The van der Waals surface area contributed by atoms with Crippen LogP contribution < -0.4 is 5.73 Å². The van der Waals surface area contributed by atoms with Gasteiger partial charge in [-0.2, -0.15) is 0 Å². The van der Waals surface area contributed by atoms with Crippen molar-refractivity contribution in [2.75, 3.05) is 13.2 Å². The Balaban J connectivity index is 0.000000493. The molecule has 1 aromatic heterocycles. The van der Waals surface area contributed by atoms with Crippen molar-refractivity contribution in [1.82, 2.24) is 9.88 Å². The van der Waals surface area contributed by atoms with Gasteiger partial charge in [0.15, 0.2) is 11.7 Å². The van der Waals surface area contributed by atoms with E-state index in [1.54, 1.807) is 23.3 Å². The molecule has 3 rings (SSSR count). The second-order valence-electron chi connectivity index (χ2n) is 8.32. The van der Waals surface area contributed by atoms with Crippen LogP contribution in [-0.2, 0) is 4.79 Å². The van der Waals surface area contributed by atoms with Crippen LogP contribution >= 0.6 is 11.6 Å². The number of halogens is 1. The smallest absolute Gasteiger partial charge is 0.248 e. The van der Waals surface area contributed by atoms with Gasteiger partial charge in [-0.3, -0.25) is 4.79 Å². The van der Waals surface area contributed by atoms with Gasteiger partial charge in [0.05, 0.1) is 5.69 Å². The van der Waals surface area contributed by atoms with Crippen molar-refractivity contribution in [2.24, 2.45) is 5.73 Å². The van der Waals surface area contributed by atoms with Gasteiger partial charge < -0.3 is 25.3 Å². The zero-order valence-electron chi connectivity index (χ0n) is 21.3. The molecule has 0 fully saturated rings. The molecule has 4 N–H and O–H groups in total. The number of aliphatic hydroxyl groups excluding tert-OH is 2. The molecule has 194 valence electrons. The first-order chi connectivity index (χ1) is 17.2. The number of nitrogens with two attached hydrogens (primary N) is 1. The first-order valence-corrected chi connectivity index (χ1v) is 12.4. The number of rotatable bonds is 10. The average molecular weight is 514 g/mol. The molecule has 1 amide bonds. The van der Waals surface area contributed by atoms with Gasteiger partial charge >= 0.3 is 0 Å². The number of benzene rings is 1. The monoisotopic (exact) mass is 513 g/mol. The van der Waals surface area contributed by atoms with Crippen molar-refractivity contribution in [2.45, 2.75) is 52.9 Å². The molecule has 0 aliphatic carbocycles. The second-order valence-corrected chi connectivity index (χ2v) is 8.68. The first kappa shape index (κ1) is 29.1. The van der Waals surface area contributed by atoms with Gasteiger partial charge in [0.2, 0.25) is 5.91 Å². The Bertz CT molecular complexity index is 1140. The first-order valence-electron chi connectivity index (χ1n) is 12.1. The molecular formula is C28H36ClN3O4. The van der Waals surface area contributed by atoms with Crippen molar-refractivity contribution in [3.8, 4) is 11.3 Å². The third-order valence-electron chi connectivity index (χ3n) is 5.60. The number of hydrogen-bond acceptors (Lipinski definition) is 6. The van der Waals surface area contributed by atoms with Gasteiger partial charge in [-0.25, -0.2) is 4.98 Å². The van der Waals surface area contributed by atoms with E-state index in [0.29, 0.717) is 28.7 Å². The fourth-order valence-corrected chi connectivity index (χ4v) is 4.19. The summed E-state index contributed by atoms with van der Waals surface area (Å²) in [5.74, 6) is 0.841. The lowest BCUT2D eigenvalue weighted by Crippen LogP contribution is -2.20. The van der Waals surface area contributed by atoms with Gasteiger partial charge in [-0.1, -0.05) is 62.2 Å². The lowest BCUT2D eigenvalue weighted by atomic mass is 9.96. The molecule has 1 aromatic carbocycles. The van der Waals surface area contributed by atoms with Crippen LogP contribution in [0.2, 0.25) is 0 Å². The molecule has 2 heterocycles. The number of oxazole rings is 1. The highest BCUT2D eigenvalue weighted by atomic mass is 35.5. The Kier molecular flexibility index (Phi) is 11.7. The van der Waals surface area contributed by atoms with Crippen LogP contribution in [0.15, 0.2) is 70.0 Å². The van der Waals surface area contributed by atoms with E-state index in [0.717, 1.165) is 53.8 Å². The SMILES string of the molecule is C=C1C=C(C(N)=O)C=CN1/C(Cl)=C(\CC)c1ccccc1-c1oc(C)nc1C.OCCCCCCO. The third-order valence-corrected chi connectivity index (χ3v) is 6.01. The minimum Gasteiger partial charge on any atom is -0.441 e. The number of nitrogens with zero attached hydrogens (tertiary/aromatic N) is 2. The Hall–Kier alpha value is -3.13. The van der Waals surface area contributed by atoms with Crippen LogP contribution in [0.5, 0.6) is 0 Å². The molecule has 0 radical (unpaired) electrons. The van der Waals surface area contributed by atoms with Gasteiger partial charge in [-0.05, 0) is 49.5 Å². The summed E-state index contributed by atoms with van der Waals surface area (Å²) in [4.78, 5) is 17.5. The van der Waals surface area contributed by atoms with Gasteiger partial charge in [0.1, 0.15) is 5.16 Å². The van der Waals surface area contributed by atoms with Crippen LogP contribution in [0.25, 0.3) is 16.9 Å². The van der Waals surface area contributed by atoms with E-state index >= 15 is 0 Å². The predicted molar refractivity (Wildman–Crippen MR) is 145 cm³/mol. The summed E-state index contributed by atoms with van der Waals surface area (Å²) in [6, 6.07) is 7.92. The Morgan fingerprint density at radius 1 is 1.14 bits per heavy atom. The summed E-state index contributed by atoms with van der Waals surface area (Å²) in [7, 11) is 0. The number of amides is 1. The maximum atomic E-state index is 11.4. The normalized spacial score (nSPS) is 13.7. The van der Waals surface area contributed by atoms with E-state index in [1.807, 2.05) is 45.0 Å². The lowest BCUT2D eigenvalue weighted by molar-refractivity contribution is -0.114. The van der Waals surface area contributed by atoms with Crippen molar-refractivity contribution < 1.29 is 19.4 Å². The number of primary amides is 1. The van der Waals surface area contributed by atoms with E-state index in [-0.39, 0.29) is 13.2 Å². The van der Waals surface area contributed by atoms with Crippen molar-refractivity contribution in [1.29, 1.82) is 0 Å². The zero-order chi connectivity index (χ0) is 26.7. The Morgan fingerprint density at radius 2 is 1.78 bits per heavy atom. The van der Waals surface area contributed by atoms with E-state index in [4.69, 9.17) is 32.0 Å². The maximum Gasteiger partial charge on any atom is 0.248 e. The Morgan fingerprint density at radius 3 is 2.28 bits per heavy atom. The van der Waals surface area contributed by atoms with E-state index in [1.165, 1.54) is 0 Å². The molecule has 2 aromatic rings. The van der Waals surface area contributed by atoms with E-state index < -0.39 is 5.91 Å². The molecule has 8 heteroatoms. The van der Waals surface area contributed by atoms with Gasteiger partial charge in [-0.15, -0.1) is 0 Å². The number of carbonyl (C=O) groups is 1. The summed E-state index contributed by atoms with van der Waals surface area (Å²) in [6.45, 7) is 10.4. The third kappa shape index (κ3) is 7.68. The number of hydrogen-bond donors (Lipinski definition) is 3. The van der Waals surface area contributed by atoms with Crippen LogP contribution in [0.1, 0.15) is 56.2 Å². The highest BCUT2D eigenvalue weighted by Crippen LogP contribution is 2.37. The van der Waals surface area contributed by atoms with Crippen molar-refractivity contribution in [3.63, 3.8) is 0 Å². The van der Waals surface area contributed by atoms with E-state index in [9.17, 15) is 4.79 Å². The molecule has 0 spiro atoms. The maximum absolute atomic E-state index is 11.4. The second kappa shape index (κ2) is 14.4. The number of allylic oxidation sites excluding steroid dienone is 2. The molecule has 1 aliphatic heterocycles. The molecule has 36 heavy (non-hydrogen) atoms. The standard InChI is InChI=1S/C22H22ClN3O2.C6H14O2/c1-5-17(21(23)26-11-10-16(22(24)27)12-13(26)2)18-8-6-7-9-19(18)20-14(3)25-15(4)28-20;7-5-3-1-2-4-6-8/h6-12H,2,5H2,1,3-4H3,(H2,24,27);7-8H,1-6H2/b21-17+;. The molecule has 0 bridgehead atoms. The van der Waals surface area contributed by atoms with Crippen LogP contribution in [0.3, 0.4) is 0 Å². The van der Waals surface area contributed by atoms with Gasteiger partial charge in [0.25, 0.3) is 0 Å². The van der Waals surface area contributed by atoms with Gasteiger partial charge in [0, 0.05) is 43.2 Å². The summed E-state index contributed by atoms with van der Waals surface area (Å²) >= 11 is 6.79. The zero-order valence-corrected chi connectivity index (χ0v) is 22.0. The summed E-state index contributed by atoms with van der Waals surface area (Å²) in [5, 5.41) is 17.1. The quantitative estimate of drug-likeness (QED) is 0.283. The number of aromatic nitrogens is 1. The minimum absolute atomic E-state index is 0.283. The Labute approximate surface area is 218 Å². The largest absolute Gasteiger partial charge is 0.441 e. The average Bonchev–Trinajstić information content (AvgIpc) is 3.20. The highest BCUT2D eigenvalue weighted by Gasteiger charge is 2.21. The summed E-state index contributed by atoms with van der Waals surface area (Å²) in [5.41, 5.74) is 9.94. The van der Waals surface area contributed by atoms with Crippen LogP contribution in [-0.4, -0.2) is 39.2 Å². The number of carbonyl (C=O) groups excluding carboxylic acids is 1. The fraction of sp³-hybridized carbons (Fsp3) is 0.357.